The van der Waals surface area contributed by atoms with E-state index in [1.54, 1.807) is 24.3 Å². The van der Waals surface area contributed by atoms with Crippen molar-refractivity contribution in [3.8, 4) is 0 Å². The van der Waals surface area contributed by atoms with Gasteiger partial charge < -0.3 is 5.73 Å². The summed E-state index contributed by atoms with van der Waals surface area (Å²) >= 11 is 2.87. The number of fused-ring (bicyclic) bond motifs is 1. The molecule has 0 aromatic heterocycles. The molecule has 0 saturated carbocycles. The molecule has 0 spiro atoms. The first-order chi connectivity index (χ1) is 8.15. The van der Waals surface area contributed by atoms with Crippen molar-refractivity contribution in [3.05, 3.63) is 47.5 Å². The van der Waals surface area contributed by atoms with Gasteiger partial charge in [0, 0.05) is 16.1 Å². The van der Waals surface area contributed by atoms with Crippen molar-refractivity contribution in [3.63, 3.8) is 0 Å². The lowest BCUT2D eigenvalue weighted by Gasteiger charge is -2.08. The lowest BCUT2D eigenvalue weighted by molar-refractivity contribution is 0.0961. The third-order valence-corrected chi connectivity index (χ3v) is 2.87. The third-order valence-electron chi connectivity index (χ3n) is 2.51. The molecule has 5 heteroatoms. The predicted octanol–water partition coefficient (Wildman–Crippen LogP) is 1.98. The number of benzene rings is 2. The molecule has 86 valence electrons. The van der Waals surface area contributed by atoms with E-state index >= 15 is 0 Å². The van der Waals surface area contributed by atoms with Gasteiger partial charge in [0.1, 0.15) is 0 Å². The molecule has 0 bridgehead atoms. The second kappa shape index (κ2) is 4.55. The van der Waals surface area contributed by atoms with Crippen LogP contribution in [-0.4, -0.2) is 11.8 Å². The molecule has 2 aromatic carbocycles. The van der Waals surface area contributed by atoms with E-state index in [0.29, 0.717) is 5.39 Å². The fourth-order valence-electron chi connectivity index (χ4n) is 1.77. The smallest absolute Gasteiger partial charge is 0.262 e. The van der Waals surface area contributed by atoms with Crippen LogP contribution >= 0.6 is 16.1 Å². The molecule has 0 aliphatic rings. The Bertz CT molecular complexity index is 610. The van der Waals surface area contributed by atoms with Gasteiger partial charge in [0.2, 0.25) is 5.91 Å². The van der Waals surface area contributed by atoms with Crippen LogP contribution < -0.4 is 10.1 Å². The third kappa shape index (κ3) is 2.01. The van der Waals surface area contributed by atoms with Gasteiger partial charge in [-0.15, -0.1) is 0 Å². The Morgan fingerprint density at radius 2 is 1.82 bits per heavy atom. The molecular weight excluding hydrogens is 284 g/mol. The van der Waals surface area contributed by atoms with E-state index in [0.717, 1.165) is 5.39 Å². The fourth-order valence-corrected chi connectivity index (χ4v) is 1.97. The van der Waals surface area contributed by atoms with Crippen molar-refractivity contribution in [2.75, 3.05) is 0 Å². The van der Waals surface area contributed by atoms with Gasteiger partial charge in [-0.05, 0) is 16.8 Å². The number of nitrogens with one attached hydrogen (secondary N) is 1. The van der Waals surface area contributed by atoms with Crippen LogP contribution in [-0.2, 0) is 0 Å². The average Bonchev–Trinajstić information content (AvgIpc) is 2.36. The zero-order valence-corrected chi connectivity index (χ0v) is 10.3. The maximum Gasteiger partial charge on any atom is 0.262 e. The van der Waals surface area contributed by atoms with Gasteiger partial charge in [0.05, 0.1) is 11.1 Å². The minimum atomic E-state index is -0.623. The summed E-state index contributed by atoms with van der Waals surface area (Å²) in [6, 6.07) is 10.6. The second-order valence-corrected chi connectivity index (χ2v) is 3.89. The van der Waals surface area contributed by atoms with E-state index in [9.17, 15) is 9.59 Å². The highest BCUT2D eigenvalue weighted by molar-refractivity contribution is 9.08. The molecule has 0 unspecified atom stereocenters. The van der Waals surface area contributed by atoms with Crippen LogP contribution in [0.5, 0.6) is 0 Å². The summed E-state index contributed by atoms with van der Waals surface area (Å²) in [7, 11) is 0. The van der Waals surface area contributed by atoms with Gasteiger partial charge >= 0.3 is 0 Å². The summed E-state index contributed by atoms with van der Waals surface area (Å²) < 4.78 is 2.33. The number of hydrogen-bond donors (Lipinski definition) is 2. The highest BCUT2D eigenvalue weighted by atomic mass is 79.9. The molecule has 0 heterocycles. The van der Waals surface area contributed by atoms with Crippen LogP contribution in [0.1, 0.15) is 20.7 Å². The zero-order chi connectivity index (χ0) is 12.4. The Labute approximate surface area is 106 Å². The van der Waals surface area contributed by atoms with Crippen LogP contribution in [0.2, 0.25) is 0 Å². The lowest BCUT2D eigenvalue weighted by atomic mass is 9.98. The van der Waals surface area contributed by atoms with Crippen molar-refractivity contribution in [1.29, 1.82) is 0 Å². The quantitative estimate of drug-likeness (QED) is 0.831. The molecule has 2 aromatic rings. The molecule has 4 nitrogen and oxygen atoms in total. The summed E-state index contributed by atoms with van der Waals surface area (Å²) in [5.41, 5.74) is 5.76. The van der Waals surface area contributed by atoms with Crippen LogP contribution in [0, 0.1) is 0 Å². The maximum absolute atomic E-state index is 11.8. The Morgan fingerprint density at radius 3 is 2.47 bits per heavy atom. The molecule has 0 fully saturated rings. The highest BCUT2D eigenvalue weighted by Crippen LogP contribution is 2.22. The molecule has 3 N–H and O–H groups in total. The molecule has 0 atom stereocenters. The summed E-state index contributed by atoms with van der Waals surface area (Å²) in [5.74, 6) is -1.02. The van der Waals surface area contributed by atoms with Crippen molar-refractivity contribution in [2.24, 2.45) is 5.73 Å². The first kappa shape index (κ1) is 11.6. The van der Waals surface area contributed by atoms with Gasteiger partial charge in [-0.3, -0.25) is 13.9 Å². The van der Waals surface area contributed by atoms with E-state index < -0.39 is 11.8 Å². The molecular formula is C12H9BrN2O2. The SMILES string of the molecule is NC(=O)c1ccc2ccccc2c1C(=O)NBr. The summed E-state index contributed by atoms with van der Waals surface area (Å²) in [6.45, 7) is 0. The number of nitrogens with two attached hydrogens (primary N) is 1. The molecule has 17 heavy (non-hydrogen) atoms. The van der Waals surface area contributed by atoms with Gasteiger partial charge in [-0.25, -0.2) is 0 Å². The van der Waals surface area contributed by atoms with Gasteiger partial charge in [0.15, 0.2) is 0 Å². The standard InChI is InChI=1S/C12H9BrN2O2/c13-15-12(17)10-8-4-2-1-3-7(8)5-6-9(10)11(14)16/h1-6H,(H2,14,16)(H,15,17). The first-order valence-corrected chi connectivity index (χ1v) is 5.67. The van der Waals surface area contributed by atoms with E-state index in [2.05, 4.69) is 20.5 Å². The first-order valence-electron chi connectivity index (χ1n) is 4.87. The maximum atomic E-state index is 11.8. The molecule has 0 saturated heterocycles. The van der Waals surface area contributed by atoms with Gasteiger partial charge in [0.25, 0.3) is 5.91 Å². The van der Waals surface area contributed by atoms with E-state index in [1.807, 2.05) is 12.1 Å². The van der Waals surface area contributed by atoms with Crippen LogP contribution in [0.15, 0.2) is 36.4 Å². The second-order valence-electron chi connectivity index (χ2n) is 3.50. The molecule has 0 radical (unpaired) electrons. The van der Waals surface area contributed by atoms with Crippen molar-refractivity contribution < 1.29 is 9.59 Å². The van der Waals surface area contributed by atoms with Gasteiger partial charge in [-0.2, -0.15) is 0 Å². The molecule has 0 aliphatic heterocycles. The molecule has 2 rings (SSSR count). The van der Waals surface area contributed by atoms with Crippen LogP contribution in [0.3, 0.4) is 0 Å². The lowest BCUT2D eigenvalue weighted by Crippen LogP contribution is -2.21. The Hall–Kier alpha value is -1.88. The normalized spacial score (nSPS) is 10.2. The number of primary amides is 1. The molecule has 0 aliphatic carbocycles. The van der Waals surface area contributed by atoms with Crippen molar-refractivity contribution in [1.82, 2.24) is 4.34 Å². The summed E-state index contributed by atoms with van der Waals surface area (Å²) in [5, 5.41) is 1.57. The fraction of sp³-hybridized carbons (Fsp3) is 0. The zero-order valence-electron chi connectivity index (χ0n) is 8.74. The number of carbonyl (C=O) groups is 2. The Balaban J connectivity index is 2.84. The van der Waals surface area contributed by atoms with Gasteiger partial charge in [-0.1, -0.05) is 30.3 Å². The summed E-state index contributed by atoms with van der Waals surface area (Å²) in [6.07, 6.45) is 0. The van der Waals surface area contributed by atoms with E-state index in [4.69, 9.17) is 5.73 Å². The minimum Gasteiger partial charge on any atom is -0.366 e. The van der Waals surface area contributed by atoms with Crippen molar-refractivity contribution in [2.45, 2.75) is 0 Å². The number of halogens is 1. The highest BCUT2D eigenvalue weighted by Gasteiger charge is 2.17. The Morgan fingerprint density at radius 1 is 1.12 bits per heavy atom. The van der Waals surface area contributed by atoms with Crippen LogP contribution in [0.4, 0.5) is 0 Å². The summed E-state index contributed by atoms with van der Waals surface area (Å²) in [4.78, 5) is 23.1. The van der Waals surface area contributed by atoms with E-state index in [-0.39, 0.29) is 11.1 Å². The number of amides is 2. The number of carbonyl (C=O) groups excluding carboxylic acids is 2. The minimum absolute atomic E-state index is 0.209. The predicted molar refractivity (Wildman–Crippen MR) is 68.9 cm³/mol. The van der Waals surface area contributed by atoms with Crippen molar-refractivity contribution >= 4 is 38.7 Å². The van der Waals surface area contributed by atoms with E-state index in [1.165, 1.54) is 0 Å². The average molecular weight is 293 g/mol. The largest absolute Gasteiger partial charge is 0.366 e. The monoisotopic (exact) mass is 292 g/mol. The number of rotatable bonds is 2. The number of hydrogen-bond acceptors (Lipinski definition) is 2. The van der Waals surface area contributed by atoms with Crippen LogP contribution in [0.25, 0.3) is 10.8 Å². The Kier molecular flexibility index (Phi) is 3.10. The molecule has 2 amide bonds. The topological polar surface area (TPSA) is 72.2 Å².